The van der Waals surface area contributed by atoms with Gasteiger partial charge in [0, 0.05) is 25.4 Å². The molecule has 4 rings (SSSR count). The lowest BCUT2D eigenvalue weighted by molar-refractivity contribution is -0.117. The van der Waals surface area contributed by atoms with Crippen molar-refractivity contribution in [3.63, 3.8) is 0 Å². The number of carbonyl (C=O) groups is 2. The molecule has 0 radical (unpaired) electrons. The first kappa shape index (κ1) is 20.5. The van der Waals surface area contributed by atoms with Crippen LogP contribution < -0.4 is 15.5 Å². The van der Waals surface area contributed by atoms with Crippen LogP contribution in [0.1, 0.15) is 35.2 Å². The molecular weight excluding hydrogens is 401 g/mol. The van der Waals surface area contributed by atoms with E-state index in [4.69, 9.17) is 4.52 Å². The summed E-state index contributed by atoms with van der Waals surface area (Å²) < 4.78 is 19.2. The molecule has 2 N–H and O–H groups in total. The Bertz CT molecular complexity index is 1080. The highest BCUT2D eigenvalue weighted by Gasteiger charge is 2.35. The largest absolute Gasteiger partial charge is 0.337 e. The predicted molar refractivity (Wildman–Crippen MR) is 111 cm³/mol. The molecule has 2 heterocycles. The summed E-state index contributed by atoms with van der Waals surface area (Å²) in [5.41, 5.74) is 2.39. The van der Waals surface area contributed by atoms with Crippen molar-refractivity contribution in [1.29, 1.82) is 0 Å². The lowest BCUT2D eigenvalue weighted by Crippen LogP contribution is -2.34. The minimum atomic E-state index is -0.453. The van der Waals surface area contributed by atoms with Gasteiger partial charge in [-0.25, -0.2) is 9.18 Å². The van der Waals surface area contributed by atoms with Crippen LogP contribution >= 0.6 is 0 Å². The smallest absolute Gasteiger partial charge is 0.315 e. The number of rotatable bonds is 6. The molecule has 3 aromatic rings. The van der Waals surface area contributed by atoms with Crippen LogP contribution in [0, 0.1) is 12.7 Å². The number of para-hydroxylation sites is 1. The Labute approximate surface area is 178 Å². The summed E-state index contributed by atoms with van der Waals surface area (Å²) in [6, 6.07) is 13.6. The molecule has 1 atom stereocenters. The fourth-order valence-corrected chi connectivity index (χ4v) is 3.40. The number of aryl methyl sites for hydroxylation is 1. The third kappa shape index (κ3) is 4.88. The Morgan fingerprint density at radius 2 is 1.90 bits per heavy atom. The van der Waals surface area contributed by atoms with Gasteiger partial charge in [0.1, 0.15) is 5.82 Å². The molecule has 0 saturated carbocycles. The molecule has 160 valence electrons. The van der Waals surface area contributed by atoms with Crippen molar-refractivity contribution in [2.75, 3.05) is 11.4 Å². The molecule has 9 heteroatoms. The fraction of sp³-hybridized carbons (Fsp3) is 0.273. The minimum Gasteiger partial charge on any atom is -0.337 e. The molecule has 1 aromatic heterocycles. The second-order valence-corrected chi connectivity index (χ2v) is 7.42. The summed E-state index contributed by atoms with van der Waals surface area (Å²) in [5, 5.41) is 9.35. The van der Waals surface area contributed by atoms with Gasteiger partial charge >= 0.3 is 6.03 Å². The van der Waals surface area contributed by atoms with Crippen LogP contribution in [0.4, 0.5) is 14.9 Å². The predicted octanol–water partition coefficient (Wildman–Crippen LogP) is 3.04. The summed E-state index contributed by atoms with van der Waals surface area (Å²) in [4.78, 5) is 30.0. The van der Waals surface area contributed by atoms with E-state index in [9.17, 15) is 14.0 Å². The van der Waals surface area contributed by atoms with Gasteiger partial charge in [-0.3, -0.25) is 4.79 Å². The average molecular weight is 423 g/mol. The highest BCUT2D eigenvalue weighted by Crippen LogP contribution is 2.31. The Morgan fingerprint density at radius 3 is 2.68 bits per heavy atom. The van der Waals surface area contributed by atoms with Gasteiger partial charge < -0.3 is 20.1 Å². The molecule has 31 heavy (non-hydrogen) atoms. The van der Waals surface area contributed by atoms with E-state index in [1.165, 1.54) is 11.0 Å². The molecule has 3 amide bonds. The first-order valence-corrected chi connectivity index (χ1v) is 9.94. The van der Waals surface area contributed by atoms with Gasteiger partial charge in [0.2, 0.25) is 11.8 Å². The third-order valence-electron chi connectivity index (χ3n) is 5.09. The van der Waals surface area contributed by atoms with Gasteiger partial charge in [-0.2, -0.15) is 4.98 Å². The number of carbonyl (C=O) groups excluding carboxylic acids is 2. The van der Waals surface area contributed by atoms with Gasteiger partial charge in [0.15, 0.2) is 5.82 Å². The van der Waals surface area contributed by atoms with Crippen molar-refractivity contribution in [1.82, 2.24) is 20.8 Å². The quantitative estimate of drug-likeness (QED) is 0.635. The van der Waals surface area contributed by atoms with E-state index < -0.39 is 5.82 Å². The second kappa shape index (κ2) is 8.95. The van der Waals surface area contributed by atoms with Crippen LogP contribution in [0.2, 0.25) is 0 Å². The van der Waals surface area contributed by atoms with Crippen LogP contribution in [0.15, 0.2) is 53.1 Å². The molecule has 0 aliphatic carbocycles. The van der Waals surface area contributed by atoms with E-state index in [-0.39, 0.29) is 48.9 Å². The normalized spacial score (nSPS) is 15.9. The number of aromatic nitrogens is 2. The standard InChI is InChI=1S/C22H22FN5O3/c1-14-6-8-15(9-7-14)11-24-22(30)25-12-19-26-21(27-31-19)16-10-20(29)28(13-16)18-5-3-2-4-17(18)23/h2-9,16H,10-13H2,1H3,(H2,24,25,30)/t16-/m0/s1. The summed E-state index contributed by atoms with van der Waals surface area (Å²) in [6.07, 6.45) is 0.164. The number of urea groups is 1. The molecule has 8 nitrogen and oxygen atoms in total. The van der Waals surface area contributed by atoms with Crippen LogP contribution in [0.5, 0.6) is 0 Å². The van der Waals surface area contributed by atoms with E-state index in [1.807, 2.05) is 31.2 Å². The van der Waals surface area contributed by atoms with Crippen molar-refractivity contribution < 1.29 is 18.5 Å². The minimum absolute atomic E-state index is 0.0599. The molecule has 0 unspecified atom stereocenters. The molecule has 0 spiro atoms. The van der Waals surface area contributed by atoms with Crippen molar-refractivity contribution in [2.45, 2.75) is 32.4 Å². The van der Waals surface area contributed by atoms with E-state index in [0.717, 1.165) is 11.1 Å². The number of nitrogens with zero attached hydrogens (tertiary/aromatic N) is 3. The maximum Gasteiger partial charge on any atom is 0.315 e. The fourth-order valence-electron chi connectivity index (χ4n) is 3.40. The summed E-state index contributed by atoms with van der Waals surface area (Å²) in [6.45, 7) is 2.73. The van der Waals surface area contributed by atoms with Gasteiger partial charge in [0.25, 0.3) is 0 Å². The zero-order chi connectivity index (χ0) is 21.8. The third-order valence-corrected chi connectivity index (χ3v) is 5.09. The summed E-state index contributed by atoms with van der Waals surface area (Å²) in [5.74, 6) is -0.359. The van der Waals surface area contributed by atoms with Crippen LogP contribution in [0.25, 0.3) is 0 Å². The Balaban J connectivity index is 1.29. The number of anilines is 1. The Morgan fingerprint density at radius 1 is 1.16 bits per heavy atom. The van der Waals surface area contributed by atoms with E-state index >= 15 is 0 Å². The second-order valence-electron chi connectivity index (χ2n) is 7.42. The van der Waals surface area contributed by atoms with Gasteiger partial charge in [-0.05, 0) is 24.6 Å². The summed E-state index contributed by atoms with van der Waals surface area (Å²) >= 11 is 0. The Kier molecular flexibility index (Phi) is 5.92. The monoisotopic (exact) mass is 423 g/mol. The van der Waals surface area contributed by atoms with E-state index in [1.54, 1.807) is 18.2 Å². The lowest BCUT2D eigenvalue weighted by Gasteiger charge is -2.16. The Hall–Kier alpha value is -3.75. The number of hydrogen-bond donors (Lipinski definition) is 2. The highest BCUT2D eigenvalue weighted by molar-refractivity contribution is 5.96. The number of nitrogens with one attached hydrogen (secondary N) is 2. The van der Waals surface area contributed by atoms with Crippen LogP contribution in [-0.2, 0) is 17.9 Å². The zero-order valence-corrected chi connectivity index (χ0v) is 17.0. The van der Waals surface area contributed by atoms with E-state index in [2.05, 4.69) is 20.8 Å². The zero-order valence-electron chi connectivity index (χ0n) is 17.0. The van der Waals surface area contributed by atoms with Gasteiger partial charge in [-0.1, -0.05) is 47.1 Å². The summed E-state index contributed by atoms with van der Waals surface area (Å²) in [7, 11) is 0. The number of halogens is 1. The topological polar surface area (TPSA) is 100 Å². The first-order chi connectivity index (χ1) is 15.0. The maximum atomic E-state index is 14.0. The molecule has 1 aliphatic heterocycles. The lowest BCUT2D eigenvalue weighted by atomic mass is 10.1. The van der Waals surface area contributed by atoms with Crippen molar-refractivity contribution in [3.05, 3.63) is 77.2 Å². The molecule has 0 bridgehead atoms. The molecular formula is C22H22FN5O3. The molecule has 1 fully saturated rings. The SMILES string of the molecule is Cc1ccc(CNC(=O)NCc2nc([C@H]3CC(=O)N(c4ccccc4F)C3)no2)cc1. The number of amides is 3. The van der Waals surface area contributed by atoms with Gasteiger partial charge in [0.05, 0.1) is 12.2 Å². The number of benzene rings is 2. The van der Waals surface area contributed by atoms with Crippen LogP contribution in [-0.4, -0.2) is 28.6 Å². The highest BCUT2D eigenvalue weighted by atomic mass is 19.1. The maximum absolute atomic E-state index is 14.0. The number of hydrogen-bond acceptors (Lipinski definition) is 5. The van der Waals surface area contributed by atoms with Crippen molar-refractivity contribution in [2.24, 2.45) is 0 Å². The average Bonchev–Trinajstić information content (AvgIpc) is 3.39. The molecule has 2 aromatic carbocycles. The first-order valence-electron chi connectivity index (χ1n) is 9.94. The van der Waals surface area contributed by atoms with Crippen LogP contribution in [0.3, 0.4) is 0 Å². The van der Waals surface area contributed by atoms with Crippen molar-refractivity contribution >= 4 is 17.6 Å². The molecule has 1 saturated heterocycles. The molecule has 1 aliphatic rings. The van der Waals surface area contributed by atoms with Crippen molar-refractivity contribution in [3.8, 4) is 0 Å². The van der Waals surface area contributed by atoms with Gasteiger partial charge in [-0.15, -0.1) is 0 Å². The van der Waals surface area contributed by atoms with E-state index in [0.29, 0.717) is 12.4 Å².